The Balaban J connectivity index is 2.35. The highest BCUT2D eigenvalue weighted by molar-refractivity contribution is 9.10. The summed E-state index contributed by atoms with van der Waals surface area (Å²) in [5.74, 6) is -2.63. The highest BCUT2D eigenvalue weighted by Gasteiger charge is 2.40. The molecule has 3 atom stereocenters. The van der Waals surface area contributed by atoms with Crippen molar-refractivity contribution in [2.24, 2.45) is 17.3 Å². The number of halogens is 1. The molecular weight excluding hydrogens is 398 g/mol. The van der Waals surface area contributed by atoms with Crippen molar-refractivity contribution in [2.75, 3.05) is 0 Å². The molecule has 0 bridgehead atoms. The van der Waals surface area contributed by atoms with Crippen molar-refractivity contribution in [3.05, 3.63) is 34.3 Å². The largest absolute Gasteiger partial charge is 0.481 e. The van der Waals surface area contributed by atoms with Crippen LogP contribution in [0.15, 0.2) is 28.7 Å². The number of rotatable bonds is 5. The van der Waals surface area contributed by atoms with Crippen LogP contribution in [0.2, 0.25) is 0 Å². The predicted octanol–water partition coefficient (Wildman–Crippen LogP) is 4.11. The molecular formula is C20H26BrNO4. The van der Waals surface area contributed by atoms with Crippen LogP contribution in [0, 0.1) is 17.3 Å². The molecule has 0 spiro atoms. The standard InChI is InChI=1S/C20H26BrNO4/c1-20(2,3)19(26)22-16(12-8-10-13(21)11-9-12)17(23)14-6-4-5-7-15(14)18(24)25/h8-11,14-16H,4-7H2,1-3H3,(H,22,26)(H,24,25). The maximum absolute atomic E-state index is 13.3. The fourth-order valence-corrected chi connectivity index (χ4v) is 3.57. The molecule has 1 fully saturated rings. The van der Waals surface area contributed by atoms with Crippen molar-refractivity contribution >= 4 is 33.6 Å². The summed E-state index contributed by atoms with van der Waals surface area (Å²) in [6, 6.07) is 6.37. The van der Waals surface area contributed by atoms with Crippen LogP contribution < -0.4 is 5.32 Å². The molecule has 26 heavy (non-hydrogen) atoms. The van der Waals surface area contributed by atoms with Gasteiger partial charge in [-0.05, 0) is 30.5 Å². The summed E-state index contributed by atoms with van der Waals surface area (Å²) in [4.78, 5) is 37.4. The smallest absolute Gasteiger partial charge is 0.307 e. The molecule has 0 heterocycles. The van der Waals surface area contributed by atoms with Crippen molar-refractivity contribution < 1.29 is 19.5 Å². The summed E-state index contributed by atoms with van der Waals surface area (Å²) in [5.41, 5.74) is 0.0256. The molecule has 0 aliphatic heterocycles. The number of hydrogen-bond acceptors (Lipinski definition) is 3. The molecule has 1 aromatic rings. The Morgan fingerprint density at radius 2 is 1.62 bits per heavy atom. The Morgan fingerprint density at radius 1 is 1.08 bits per heavy atom. The van der Waals surface area contributed by atoms with Gasteiger partial charge < -0.3 is 10.4 Å². The minimum absolute atomic E-state index is 0.211. The number of Topliss-reactive ketones (excluding diaryl/α,β-unsaturated/α-hetero) is 1. The molecule has 1 saturated carbocycles. The maximum atomic E-state index is 13.3. The van der Waals surface area contributed by atoms with Gasteiger partial charge in [-0.1, -0.05) is 61.7 Å². The summed E-state index contributed by atoms with van der Waals surface area (Å²) < 4.78 is 0.871. The number of carboxylic acids is 1. The molecule has 5 nitrogen and oxygen atoms in total. The van der Waals surface area contributed by atoms with Gasteiger partial charge in [-0.3, -0.25) is 14.4 Å². The van der Waals surface area contributed by atoms with Gasteiger partial charge in [0.05, 0.1) is 5.92 Å². The molecule has 3 unspecified atom stereocenters. The molecule has 6 heteroatoms. The van der Waals surface area contributed by atoms with E-state index in [1.165, 1.54) is 0 Å². The Bertz CT molecular complexity index is 678. The predicted molar refractivity (Wildman–Crippen MR) is 103 cm³/mol. The fourth-order valence-electron chi connectivity index (χ4n) is 3.30. The summed E-state index contributed by atoms with van der Waals surface area (Å²) in [7, 11) is 0. The molecule has 0 saturated heterocycles. The molecule has 1 aromatic carbocycles. The molecule has 1 aliphatic rings. The van der Waals surface area contributed by atoms with E-state index in [-0.39, 0.29) is 11.7 Å². The average molecular weight is 424 g/mol. The van der Waals surface area contributed by atoms with Gasteiger partial charge in [-0.15, -0.1) is 0 Å². The Kier molecular flexibility index (Phi) is 6.61. The van der Waals surface area contributed by atoms with Gasteiger partial charge in [0, 0.05) is 15.8 Å². The van der Waals surface area contributed by atoms with Gasteiger partial charge >= 0.3 is 5.97 Å². The first-order valence-corrected chi connectivity index (χ1v) is 9.73. The van der Waals surface area contributed by atoms with Gasteiger partial charge in [0.2, 0.25) is 5.91 Å². The lowest BCUT2D eigenvalue weighted by Crippen LogP contribution is -2.44. The van der Waals surface area contributed by atoms with Crippen LogP contribution in [-0.2, 0) is 14.4 Å². The van der Waals surface area contributed by atoms with Crippen molar-refractivity contribution in [3.8, 4) is 0 Å². The van der Waals surface area contributed by atoms with Crippen LogP contribution in [0.5, 0.6) is 0 Å². The zero-order valence-corrected chi connectivity index (χ0v) is 17.0. The number of carboxylic acid groups (broad SMARTS) is 1. The van der Waals surface area contributed by atoms with E-state index in [4.69, 9.17) is 0 Å². The molecule has 2 rings (SSSR count). The van der Waals surface area contributed by atoms with E-state index in [9.17, 15) is 19.5 Å². The van der Waals surface area contributed by atoms with Crippen LogP contribution in [0.4, 0.5) is 0 Å². The average Bonchev–Trinajstić information content (AvgIpc) is 2.59. The molecule has 142 valence electrons. The lowest BCUT2D eigenvalue weighted by atomic mass is 9.74. The Hall–Kier alpha value is -1.69. The Labute approximate surface area is 162 Å². The van der Waals surface area contributed by atoms with Crippen molar-refractivity contribution in [1.82, 2.24) is 5.32 Å². The third kappa shape index (κ3) is 4.93. The van der Waals surface area contributed by atoms with E-state index in [0.29, 0.717) is 18.4 Å². The summed E-state index contributed by atoms with van der Waals surface area (Å²) in [5, 5.41) is 12.4. The highest BCUT2D eigenvalue weighted by atomic mass is 79.9. The number of hydrogen-bond donors (Lipinski definition) is 2. The summed E-state index contributed by atoms with van der Waals surface area (Å²) in [6.45, 7) is 5.35. The van der Waals surface area contributed by atoms with Gasteiger partial charge in [0.25, 0.3) is 0 Å². The second-order valence-electron chi connectivity index (χ2n) is 7.95. The van der Waals surface area contributed by atoms with Gasteiger partial charge in [0.15, 0.2) is 5.78 Å². The van der Waals surface area contributed by atoms with E-state index < -0.39 is 29.3 Å². The number of aliphatic carboxylic acids is 1. The number of benzene rings is 1. The lowest BCUT2D eigenvalue weighted by Gasteiger charge is -2.32. The second-order valence-corrected chi connectivity index (χ2v) is 8.86. The first-order valence-electron chi connectivity index (χ1n) is 8.94. The number of carbonyl (C=O) groups is 3. The fraction of sp³-hybridized carbons (Fsp3) is 0.550. The minimum atomic E-state index is -0.931. The third-order valence-corrected chi connectivity index (χ3v) is 5.42. The normalized spacial score (nSPS) is 21.7. The first kappa shape index (κ1) is 20.6. The third-order valence-electron chi connectivity index (χ3n) is 4.89. The van der Waals surface area contributed by atoms with E-state index in [0.717, 1.165) is 17.3 Å². The monoisotopic (exact) mass is 423 g/mol. The Morgan fingerprint density at radius 3 is 2.12 bits per heavy atom. The number of carbonyl (C=O) groups excluding carboxylic acids is 2. The molecule has 1 aliphatic carbocycles. The minimum Gasteiger partial charge on any atom is -0.481 e. The van der Waals surface area contributed by atoms with Crippen LogP contribution in [0.1, 0.15) is 58.1 Å². The molecule has 0 radical (unpaired) electrons. The first-order chi connectivity index (χ1) is 12.1. The van der Waals surface area contributed by atoms with Crippen molar-refractivity contribution in [3.63, 3.8) is 0 Å². The summed E-state index contributed by atoms with van der Waals surface area (Å²) >= 11 is 3.37. The summed E-state index contributed by atoms with van der Waals surface area (Å²) in [6.07, 6.45) is 2.71. The quantitative estimate of drug-likeness (QED) is 0.745. The number of nitrogens with one attached hydrogen (secondary N) is 1. The number of ketones is 1. The van der Waals surface area contributed by atoms with Crippen molar-refractivity contribution in [1.29, 1.82) is 0 Å². The molecule has 1 amide bonds. The van der Waals surface area contributed by atoms with Gasteiger partial charge in [-0.25, -0.2) is 0 Å². The van der Waals surface area contributed by atoms with Crippen LogP contribution in [0.3, 0.4) is 0 Å². The molecule has 2 N–H and O–H groups in total. The molecule has 0 aromatic heterocycles. The topological polar surface area (TPSA) is 83.5 Å². The number of amides is 1. The lowest BCUT2D eigenvalue weighted by molar-refractivity contribution is -0.149. The van der Waals surface area contributed by atoms with Crippen LogP contribution in [0.25, 0.3) is 0 Å². The van der Waals surface area contributed by atoms with Crippen LogP contribution >= 0.6 is 15.9 Å². The SMILES string of the molecule is CC(C)(C)C(=O)NC(C(=O)C1CCCCC1C(=O)O)c1ccc(Br)cc1. The van der Waals surface area contributed by atoms with E-state index >= 15 is 0 Å². The second kappa shape index (κ2) is 8.33. The zero-order chi connectivity index (χ0) is 19.5. The van der Waals surface area contributed by atoms with E-state index in [1.807, 2.05) is 12.1 Å². The van der Waals surface area contributed by atoms with Crippen molar-refractivity contribution in [2.45, 2.75) is 52.5 Å². The zero-order valence-electron chi connectivity index (χ0n) is 15.4. The van der Waals surface area contributed by atoms with E-state index in [2.05, 4.69) is 21.2 Å². The van der Waals surface area contributed by atoms with Gasteiger partial charge in [-0.2, -0.15) is 0 Å². The highest BCUT2D eigenvalue weighted by Crippen LogP contribution is 2.35. The van der Waals surface area contributed by atoms with Crippen LogP contribution in [-0.4, -0.2) is 22.8 Å². The maximum Gasteiger partial charge on any atom is 0.307 e. The van der Waals surface area contributed by atoms with Gasteiger partial charge in [0.1, 0.15) is 6.04 Å². The van der Waals surface area contributed by atoms with E-state index in [1.54, 1.807) is 32.9 Å².